The van der Waals surface area contributed by atoms with Crippen molar-refractivity contribution in [3.8, 4) is 0 Å². The third-order valence-corrected chi connectivity index (χ3v) is 4.39. The van der Waals surface area contributed by atoms with Gasteiger partial charge in [-0.1, -0.05) is 65.8 Å². The number of hydrogen-bond acceptors (Lipinski definition) is 3. The maximum Gasteiger partial charge on any atom is 0.239 e. The quantitative estimate of drug-likeness (QED) is 0.644. The van der Waals surface area contributed by atoms with E-state index in [2.05, 4.69) is 62.6 Å². The standard InChI is InChI=1S/C20H33N3O2.ClH/c1-12(2)15-7-9-16(10-8-15)19(14(5)6)23-17(24)11-22-20(25)18(21)13(3)4;/h7-10,12-14,18-19H,11,21H2,1-6H3,(H,22,25)(H,23,24);1H/t18-,19?;/m0./s1. The van der Waals surface area contributed by atoms with Crippen LogP contribution in [0.3, 0.4) is 0 Å². The fourth-order valence-corrected chi connectivity index (χ4v) is 2.54. The number of nitrogens with one attached hydrogen (secondary N) is 2. The predicted molar refractivity (Wildman–Crippen MR) is 109 cm³/mol. The summed E-state index contributed by atoms with van der Waals surface area (Å²) in [6.45, 7) is 12.1. The van der Waals surface area contributed by atoms with Crippen LogP contribution >= 0.6 is 12.4 Å². The molecule has 148 valence electrons. The lowest BCUT2D eigenvalue weighted by atomic mass is 9.93. The zero-order chi connectivity index (χ0) is 19.1. The van der Waals surface area contributed by atoms with Crippen molar-refractivity contribution in [1.82, 2.24) is 10.6 Å². The van der Waals surface area contributed by atoms with E-state index in [0.29, 0.717) is 5.92 Å². The second-order valence-corrected chi connectivity index (χ2v) is 7.60. The number of carbonyl (C=O) groups excluding carboxylic acids is 2. The van der Waals surface area contributed by atoms with Gasteiger partial charge < -0.3 is 16.4 Å². The fraction of sp³-hybridized carbons (Fsp3) is 0.600. The minimum atomic E-state index is -0.600. The van der Waals surface area contributed by atoms with Crippen LogP contribution < -0.4 is 16.4 Å². The first-order chi connectivity index (χ1) is 11.6. The number of nitrogens with two attached hydrogens (primary N) is 1. The van der Waals surface area contributed by atoms with Crippen LogP contribution in [0.5, 0.6) is 0 Å². The summed E-state index contributed by atoms with van der Waals surface area (Å²) in [4.78, 5) is 24.1. The highest BCUT2D eigenvalue weighted by molar-refractivity contribution is 5.87. The Balaban J connectivity index is 0.00000625. The maximum atomic E-state index is 12.2. The van der Waals surface area contributed by atoms with Crippen molar-refractivity contribution in [2.24, 2.45) is 17.6 Å². The third-order valence-electron chi connectivity index (χ3n) is 4.39. The first-order valence-electron chi connectivity index (χ1n) is 9.06. The van der Waals surface area contributed by atoms with Crippen molar-refractivity contribution in [2.45, 2.75) is 59.5 Å². The van der Waals surface area contributed by atoms with Crippen LogP contribution in [-0.2, 0) is 9.59 Å². The molecule has 0 aliphatic heterocycles. The molecule has 1 aromatic carbocycles. The first kappa shape index (κ1) is 24.4. The normalized spacial score (nSPS) is 13.3. The van der Waals surface area contributed by atoms with Crippen LogP contribution in [0.25, 0.3) is 0 Å². The van der Waals surface area contributed by atoms with Gasteiger partial charge in [0.1, 0.15) is 0 Å². The van der Waals surface area contributed by atoms with Gasteiger partial charge in [-0.3, -0.25) is 9.59 Å². The van der Waals surface area contributed by atoms with Crippen molar-refractivity contribution < 1.29 is 9.59 Å². The molecular formula is C20H34ClN3O2. The number of rotatable bonds is 8. The zero-order valence-corrected chi connectivity index (χ0v) is 17.5. The van der Waals surface area contributed by atoms with E-state index in [4.69, 9.17) is 5.73 Å². The highest BCUT2D eigenvalue weighted by Crippen LogP contribution is 2.24. The van der Waals surface area contributed by atoms with E-state index in [1.807, 2.05) is 13.8 Å². The Morgan fingerprint density at radius 2 is 1.42 bits per heavy atom. The van der Waals surface area contributed by atoms with Crippen molar-refractivity contribution in [3.63, 3.8) is 0 Å². The smallest absolute Gasteiger partial charge is 0.239 e. The molecule has 5 nitrogen and oxygen atoms in total. The van der Waals surface area contributed by atoms with Crippen LogP contribution in [-0.4, -0.2) is 24.4 Å². The molecule has 26 heavy (non-hydrogen) atoms. The molecule has 1 aromatic rings. The summed E-state index contributed by atoms with van der Waals surface area (Å²) in [6.07, 6.45) is 0. The predicted octanol–water partition coefficient (Wildman–Crippen LogP) is 3.14. The van der Waals surface area contributed by atoms with E-state index < -0.39 is 6.04 Å². The molecule has 0 bridgehead atoms. The lowest BCUT2D eigenvalue weighted by Gasteiger charge is -2.24. The number of hydrogen-bond donors (Lipinski definition) is 3. The summed E-state index contributed by atoms with van der Waals surface area (Å²) >= 11 is 0. The van der Waals surface area contributed by atoms with E-state index in [0.717, 1.165) is 5.56 Å². The Kier molecular flexibility index (Phi) is 10.5. The van der Waals surface area contributed by atoms with Crippen LogP contribution in [0.4, 0.5) is 0 Å². The highest BCUT2D eigenvalue weighted by Gasteiger charge is 2.21. The van der Waals surface area contributed by atoms with Gasteiger partial charge in [0, 0.05) is 0 Å². The van der Waals surface area contributed by atoms with E-state index in [1.165, 1.54) is 5.56 Å². The monoisotopic (exact) mass is 383 g/mol. The lowest BCUT2D eigenvalue weighted by Crippen LogP contribution is -2.47. The molecule has 0 heterocycles. The van der Waals surface area contributed by atoms with Crippen LogP contribution in [0.2, 0.25) is 0 Å². The van der Waals surface area contributed by atoms with Crippen LogP contribution in [0.1, 0.15) is 64.6 Å². The summed E-state index contributed by atoms with van der Waals surface area (Å²) < 4.78 is 0. The summed E-state index contributed by atoms with van der Waals surface area (Å²) in [7, 11) is 0. The highest BCUT2D eigenvalue weighted by atomic mass is 35.5. The van der Waals surface area contributed by atoms with Crippen molar-refractivity contribution in [2.75, 3.05) is 6.54 Å². The molecular weight excluding hydrogens is 350 g/mol. The summed E-state index contributed by atoms with van der Waals surface area (Å²) in [6, 6.07) is 7.64. The molecule has 0 saturated heterocycles. The van der Waals surface area contributed by atoms with Gasteiger partial charge in [-0.15, -0.1) is 12.4 Å². The molecule has 0 fully saturated rings. The molecule has 2 amide bonds. The van der Waals surface area contributed by atoms with Gasteiger partial charge in [0.25, 0.3) is 0 Å². The molecule has 0 saturated carbocycles. The average Bonchev–Trinajstić information content (AvgIpc) is 2.56. The third kappa shape index (κ3) is 7.34. The van der Waals surface area contributed by atoms with E-state index >= 15 is 0 Å². The zero-order valence-electron chi connectivity index (χ0n) is 16.7. The maximum absolute atomic E-state index is 12.2. The molecule has 2 atom stereocenters. The summed E-state index contributed by atoms with van der Waals surface area (Å²) in [5, 5.41) is 5.62. The Morgan fingerprint density at radius 3 is 1.85 bits per heavy atom. The van der Waals surface area contributed by atoms with E-state index in [1.54, 1.807) is 0 Å². The number of carbonyl (C=O) groups is 2. The van der Waals surface area contributed by atoms with Gasteiger partial charge in [0.15, 0.2) is 0 Å². The first-order valence-corrected chi connectivity index (χ1v) is 9.06. The SMILES string of the molecule is CC(C)c1ccc(C(NC(=O)CNC(=O)[C@@H](N)C(C)C)C(C)C)cc1.Cl. The van der Waals surface area contributed by atoms with Gasteiger partial charge in [-0.05, 0) is 28.9 Å². The van der Waals surface area contributed by atoms with Crippen molar-refractivity contribution in [1.29, 1.82) is 0 Å². The van der Waals surface area contributed by atoms with Crippen molar-refractivity contribution in [3.05, 3.63) is 35.4 Å². The van der Waals surface area contributed by atoms with Crippen LogP contribution in [0.15, 0.2) is 24.3 Å². The fourth-order valence-electron chi connectivity index (χ4n) is 2.54. The topological polar surface area (TPSA) is 84.2 Å². The molecule has 1 rings (SSSR count). The van der Waals surface area contributed by atoms with Crippen molar-refractivity contribution >= 4 is 24.2 Å². The van der Waals surface area contributed by atoms with Gasteiger partial charge in [0.05, 0.1) is 18.6 Å². The van der Waals surface area contributed by atoms with Crippen LogP contribution in [0, 0.1) is 11.8 Å². The minimum Gasteiger partial charge on any atom is -0.348 e. The van der Waals surface area contributed by atoms with Gasteiger partial charge >= 0.3 is 0 Å². The number of amides is 2. The second kappa shape index (κ2) is 11.2. The largest absolute Gasteiger partial charge is 0.348 e. The summed E-state index contributed by atoms with van der Waals surface area (Å²) in [5.41, 5.74) is 8.12. The molecule has 1 unspecified atom stereocenters. The van der Waals surface area contributed by atoms with Gasteiger partial charge in [-0.2, -0.15) is 0 Å². The number of benzene rings is 1. The van der Waals surface area contributed by atoms with E-state index in [9.17, 15) is 9.59 Å². The second-order valence-electron chi connectivity index (χ2n) is 7.60. The molecule has 0 aromatic heterocycles. The Labute approximate surface area is 163 Å². The average molecular weight is 384 g/mol. The minimum absolute atomic E-state index is 0. The lowest BCUT2D eigenvalue weighted by molar-refractivity contribution is -0.127. The number of halogens is 1. The summed E-state index contributed by atoms with van der Waals surface area (Å²) in [5.74, 6) is 0.235. The van der Waals surface area contributed by atoms with E-state index in [-0.39, 0.29) is 48.6 Å². The molecule has 0 spiro atoms. The van der Waals surface area contributed by atoms with Gasteiger partial charge in [-0.25, -0.2) is 0 Å². The molecule has 0 radical (unpaired) electrons. The molecule has 0 aliphatic carbocycles. The Morgan fingerprint density at radius 1 is 0.923 bits per heavy atom. The Hall–Kier alpha value is -1.59. The molecule has 0 aliphatic rings. The molecule has 4 N–H and O–H groups in total. The molecule has 6 heteroatoms. The van der Waals surface area contributed by atoms with Gasteiger partial charge in [0.2, 0.25) is 11.8 Å². The Bertz CT molecular complexity index is 571.